The van der Waals surface area contributed by atoms with E-state index >= 15 is 0 Å². The molecule has 4 N–H and O–H groups in total. The molecule has 0 aliphatic carbocycles. The fraction of sp³-hybridized carbons (Fsp3) is 0. The predicted octanol–water partition coefficient (Wildman–Crippen LogP) is 1.18. The summed E-state index contributed by atoms with van der Waals surface area (Å²) in [4.78, 5) is 20.4. The van der Waals surface area contributed by atoms with Crippen molar-refractivity contribution in [2.75, 3.05) is 5.43 Å². The minimum absolute atomic E-state index is 0.606. The van der Waals surface area contributed by atoms with E-state index in [1.54, 1.807) is 12.5 Å². The molecule has 0 radical (unpaired) electrons. The molecule has 18 heavy (non-hydrogen) atoms. The van der Waals surface area contributed by atoms with E-state index in [0.717, 1.165) is 15.4 Å². The molecule has 0 spiro atoms. The summed E-state index contributed by atoms with van der Waals surface area (Å²) >= 11 is 1.49. The van der Waals surface area contributed by atoms with E-state index in [-0.39, 0.29) is 0 Å². The largest absolute Gasteiger partial charge is 0.341 e. The lowest BCUT2D eigenvalue weighted by atomic mass is 10.5. The molecular weight excluding hydrogens is 250 g/mol. The number of aromatic amines is 1. The summed E-state index contributed by atoms with van der Waals surface area (Å²) in [6.45, 7) is 0. The highest BCUT2D eigenvalue weighted by Crippen LogP contribution is 2.30. The lowest BCUT2D eigenvalue weighted by molar-refractivity contribution is 1.08. The van der Waals surface area contributed by atoms with Gasteiger partial charge in [0, 0.05) is 11.1 Å². The van der Waals surface area contributed by atoms with Crippen LogP contribution in [0.15, 0.2) is 40.9 Å². The Morgan fingerprint density at radius 2 is 2.17 bits per heavy atom. The predicted molar refractivity (Wildman–Crippen MR) is 67.9 cm³/mol. The van der Waals surface area contributed by atoms with Crippen LogP contribution in [0.3, 0.4) is 0 Å². The van der Waals surface area contributed by atoms with Gasteiger partial charge >= 0.3 is 0 Å². The highest BCUT2D eigenvalue weighted by atomic mass is 32.2. The number of anilines is 1. The number of nitrogens with two attached hydrogens (primary N) is 1. The number of imidazole rings is 1. The van der Waals surface area contributed by atoms with Gasteiger partial charge in [0.05, 0.1) is 6.33 Å². The fourth-order valence-electron chi connectivity index (χ4n) is 1.49. The quantitative estimate of drug-likeness (QED) is 0.368. The smallest absolute Gasteiger partial charge is 0.181 e. The molecule has 3 aromatic heterocycles. The molecule has 0 saturated carbocycles. The normalized spacial score (nSPS) is 10.7. The maximum absolute atomic E-state index is 5.32. The molecule has 0 aromatic carbocycles. The summed E-state index contributed by atoms with van der Waals surface area (Å²) in [5.74, 6) is 5.93. The van der Waals surface area contributed by atoms with E-state index in [1.807, 2.05) is 12.1 Å². The molecule has 0 aliphatic rings. The number of nitrogen functional groups attached to an aromatic ring is 1. The molecule has 7 nitrogen and oxygen atoms in total. The van der Waals surface area contributed by atoms with Crippen LogP contribution in [-0.2, 0) is 0 Å². The Kier molecular flexibility index (Phi) is 2.79. The van der Waals surface area contributed by atoms with Crippen LogP contribution in [0.5, 0.6) is 0 Å². The minimum atomic E-state index is 0.606. The molecule has 8 heteroatoms. The third-order valence-electron chi connectivity index (χ3n) is 2.28. The van der Waals surface area contributed by atoms with Crippen molar-refractivity contribution in [2.24, 2.45) is 5.84 Å². The number of rotatable bonds is 3. The number of nitrogens with one attached hydrogen (secondary N) is 2. The fourth-order valence-corrected chi connectivity index (χ4v) is 2.36. The topological polar surface area (TPSA) is 105 Å². The first-order chi connectivity index (χ1) is 8.86. The lowest BCUT2D eigenvalue weighted by Crippen LogP contribution is -2.07. The second-order valence-electron chi connectivity index (χ2n) is 3.40. The number of hydrazine groups is 1. The molecule has 0 bridgehead atoms. The number of fused-ring (bicyclic) bond motifs is 1. The SMILES string of the molecule is NNc1cc(Sc2ncnc3nc[nH]c23)ccn1. The van der Waals surface area contributed by atoms with Gasteiger partial charge in [0.1, 0.15) is 22.7 Å². The van der Waals surface area contributed by atoms with E-state index in [9.17, 15) is 0 Å². The molecule has 0 atom stereocenters. The summed E-state index contributed by atoms with van der Waals surface area (Å²) in [7, 11) is 0. The van der Waals surface area contributed by atoms with Crippen LogP contribution in [0.25, 0.3) is 11.2 Å². The van der Waals surface area contributed by atoms with Crippen molar-refractivity contribution in [3.05, 3.63) is 31.0 Å². The average molecular weight is 259 g/mol. The zero-order valence-corrected chi connectivity index (χ0v) is 9.98. The summed E-state index contributed by atoms with van der Waals surface area (Å²) in [6, 6.07) is 3.73. The van der Waals surface area contributed by atoms with Crippen molar-refractivity contribution in [2.45, 2.75) is 9.92 Å². The van der Waals surface area contributed by atoms with Gasteiger partial charge in [-0.25, -0.2) is 25.8 Å². The molecule has 3 rings (SSSR count). The van der Waals surface area contributed by atoms with Crippen molar-refractivity contribution in [1.29, 1.82) is 0 Å². The number of H-pyrrole nitrogens is 1. The van der Waals surface area contributed by atoms with Crippen molar-refractivity contribution >= 4 is 28.7 Å². The van der Waals surface area contributed by atoms with E-state index in [0.29, 0.717) is 11.5 Å². The minimum Gasteiger partial charge on any atom is -0.341 e. The Hall–Kier alpha value is -2.19. The molecule has 3 aromatic rings. The second-order valence-corrected chi connectivity index (χ2v) is 4.47. The highest BCUT2D eigenvalue weighted by molar-refractivity contribution is 7.99. The molecule has 0 amide bonds. The van der Waals surface area contributed by atoms with Crippen molar-refractivity contribution in [1.82, 2.24) is 24.9 Å². The first-order valence-corrected chi connectivity index (χ1v) is 5.93. The Morgan fingerprint density at radius 3 is 3.06 bits per heavy atom. The van der Waals surface area contributed by atoms with Gasteiger partial charge in [-0.15, -0.1) is 0 Å². The van der Waals surface area contributed by atoms with Crippen molar-refractivity contribution < 1.29 is 0 Å². The van der Waals surface area contributed by atoms with Crippen molar-refractivity contribution in [3.8, 4) is 0 Å². The Labute approximate surface area is 106 Å². The van der Waals surface area contributed by atoms with E-state index in [2.05, 4.69) is 30.3 Å². The Bertz CT molecular complexity index is 681. The van der Waals surface area contributed by atoms with Gasteiger partial charge in [-0.1, -0.05) is 11.8 Å². The monoisotopic (exact) mass is 259 g/mol. The first-order valence-electron chi connectivity index (χ1n) is 5.11. The summed E-state index contributed by atoms with van der Waals surface area (Å²) in [5, 5.41) is 0.812. The van der Waals surface area contributed by atoms with Crippen LogP contribution >= 0.6 is 11.8 Å². The van der Waals surface area contributed by atoms with Crippen LogP contribution in [0.2, 0.25) is 0 Å². The second kappa shape index (κ2) is 4.59. The molecule has 0 fully saturated rings. The van der Waals surface area contributed by atoms with Gasteiger partial charge in [-0.3, -0.25) is 0 Å². The Balaban J connectivity index is 1.98. The molecule has 3 heterocycles. The number of hydrogen-bond donors (Lipinski definition) is 3. The Morgan fingerprint density at radius 1 is 1.22 bits per heavy atom. The number of aromatic nitrogens is 5. The maximum atomic E-state index is 5.32. The van der Waals surface area contributed by atoms with Gasteiger partial charge in [-0.05, 0) is 12.1 Å². The van der Waals surface area contributed by atoms with Gasteiger partial charge in [-0.2, -0.15) is 0 Å². The van der Waals surface area contributed by atoms with Crippen LogP contribution in [-0.4, -0.2) is 24.9 Å². The first kappa shape index (κ1) is 10.9. The molecule has 0 saturated heterocycles. The third kappa shape index (κ3) is 1.98. The molecule has 0 unspecified atom stereocenters. The van der Waals surface area contributed by atoms with Gasteiger partial charge in [0.15, 0.2) is 5.65 Å². The van der Waals surface area contributed by atoms with Gasteiger partial charge in [0.2, 0.25) is 0 Å². The summed E-state index contributed by atoms with van der Waals surface area (Å²) < 4.78 is 0. The molecule has 0 aliphatic heterocycles. The molecular formula is C10H9N7S. The number of nitrogens with zero attached hydrogens (tertiary/aromatic N) is 4. The summed E-state index contributed by atoms with van der Waals surface area (Å²) in [6.07, 6.45) is 4.78. The zero-order chi connectivity index (χ0) is 12.4. The van der Waals surface area contributed by atoms with Crippen LogP contribution < -0.4 is 11.3 Å². The van der Waals surface area contributed by atoms with Crippen LogP contribution in [0.4, 0.5) is 5.82 Å². The number of hydrogen-bond acceptors (Lipinski definition) is 7. The average Bonchev–Trinajstić information content (AvgIpc) is 2.88. The third-order valence-corrected chi connectivity index (χ3v) is 3.27. The maximum Gasteiger partial charge on any atom is 0.181 e. The summed E-state index contributed by atoms with van der Waals surface area (Å²) in [5.41, 5.74) is 3.98. The van der Waals surface area contributed by atoms with E-state index in [4.69, 9.17) is 5.84 Å². The van der Waals surface area contributed by atoms with Crippen LogP contribution in [0.1, 0.15) is 0 Å². The highest BCUT2D eigenvalue weighted by Gasteiger charge is 2.07. The van der Waals surface area contributed by atoms with E-state index < -0.39 is 0 Å². The number of pyridine rings is 1. The standard InChI is InChI=1S/C10H9N7S/c11-17-7-3-6(1-2-12-7)18-10-8-9(14-4-13-8)15-5-16-10/h1-5H,11H2,(H,12,17)(H,13,14,15,16). The van der Waals surface area contributed by atoms with Gasteiger partial charge in [0.25, 0.3) is 0 Å². The van der Waals surface area contributed by atoms with E-state index in [1.165, 1.54) is 18.1 Å². The lowest BCUT2D eigenvalue weighted by Gasteiger charge is -2.03. The molecule has 90 valence electrons. The zero-order valence-electron chi connectivity index (χ0n) is 9.16. The van der Waals surface area contributed by atoms with Crippen molar-refractivity contribution in [3.63, 3.8) is 0 Å². The van der Waals surface area contributed by atoms with Crippen LogP contribution in [0, 0.1) is 0 Å². The van der Waals surface area contributed by atoms with Gasteiger partial charge < -0.3 is 10.4 Å².